The Hall–Kier alpha value is -0.890. The van der Waals surface area contributed by atoms with Gasteiger partial charge in [0.2, 0.25) is 0 Å². The fourth-order valence-electron chi connectivity index (χ4n) is 1.60. The van der Waals surface area contributed by atoms with Gasteiger partial charge >= 0.3 is 0 Å². The van der Waals surface area contributed by atoms with E-state index in [1.165, 1.54) is 18.1 Å². The van der Waals surface area contributed by atoms with Gasteiger partial charge in [0.1, 0.15) is 5.83 Å². The minimum atomic E-state index is -0.318. The molecule has 0 unspecified atom stereocenters. The fourth-order valence-corrected chi connectivity index (χ4v) is 1.81. The molecular weight excluding hydrogens is 303 g/mol. The number of hydrogen-bond donors (Lipinski definition) is 0. The summed E-state index contributed by atoms with van der Waals surface area (Å²) in [6.45, 7) is 13.7. The van der Waals surface area contributed by atoms with Gasteiger partial charge in [-0.1, -0.05) is 74.0 Å². The van der Waals surface area contributed by atoms with Crippen LogP contribution < -0.4 is 0 Å². The first-order valence-electron chi connectivity index (χ1n) is 6.76. The highest BCUT2D eigenvalue weighted by Crippen LogP contribution is 2.29. The average Bonchev–Trinajstić information content (AvgIpc) is 2.38. The summed E-state index contributed by atoms with van der Waals surface area (Å²) in [6, 6.07) is 0. The molecule has 0 radical (unpaired) electrons. The van der Waals surface area contributed by atoms with Gasteiger partial charge in [-0.05, 0) is 30.9 Å². The molecule has 0 amide bonds. The highest BCUT2D eigenvalue weighted by atomic mass is 79.9. The molecule has 1 aliphatic rings. The first-order chi connectivity index (χ1) is 8.96. The van der Waals surface area contributed by atoms with E-state index in [9.17, 15) is 4.39 Å². The summed E-state index contributed by atoms with van der Waals surface area (Å²) in [7, 11) is 0. The van der Waals surface area contributed by atoms with Crippen LogP contribution in [0.1, 0.15) is 46.5 Å². The van der Waals surface area contributed by atoms with Crippen molar-refractivity contribution in [3.8, 4) is 0 Å². The van der Waals surface area contributed by atoms with Gasteiger partial charge in [0, 0.05) is 10.1 Å². The number of allylic oxidation sites excluding steroid dienone is 8. The third kappa shape index (κ3) is 7.31. The standard InChI is InChI=1S/C14H16BrF.C3H8/c1-4-12-5-7-13(8-6-12)11(3)14(16)9-10(2)15;1-3-2/h5,7,9H,2-4,6,8H2,1H3;3H2,1-2H3/b14-9+;. The predicted molar refractivity (Wildman–Crippen MR) is 88.1 cm³/mol. The SMILES string of the molecule is C=C(Br)/C=C(/F)C(=C)C1=CC=C(CC)CC1.CCC. The van der Waals surface area contributed by atoms with Crippen molar-refractivity contribution in [1.29, 1.82) is 0 Å². The van der Waals surface area contributed by atoms with Crippen LogP contribution in [0.25, 0.3) is 0 Å². The van der Waals surface area contributed by atoms with Crippen LogP contribution in [0, 0.1) is 0 Å². The smallest absolute Gasteiger partial charge is 0.131 e. The lowest BCUT2D eigenvalue weighted by Gasteiger charge is -2.14. The molecule has 0 spiro atoms. The molecule has 0 aromatic heterocycles. The molecule has 0 bridgehead atoms. The Morgan fingerprint density at radius 1 is 1.26 bits per heavy atom. The van der Waals surface area contributed by atoms with Crippen LogP contribution in [0.3, 0.4) is 0 Å². The van der Waals surface area contributed by atoms with Gasteiger partial charge in [0.25, 0.3) is 0 Å². The van der Waals surface area contributed by atoms with Crippen LogP contribution in [0.15, 0.2) is 58.4 Å². The minimum Gasteiger partial charge on any atom is -0.206 e. The van der Waals surface area contributed by atoms with Crippen LogP contribution >= 0.6 is 15.9 Å². The summed E-state index contributed by atoms with van der Waals surface area (Å²) < 4.78 is 14.1. The van der Waals surface area contributed by atoms with Crippen LogP contribution in [0.4, 0.5) is 4.39 Å². The van der Waals surface area contributed by atoms with E-state index in [0.717, 1.165) is 24.8 Å². The summed E-state index contributed by atoms with van der Waals surface area (Å²) in [4.78, 5) is 0. The van der Waals surface area contributed by atoms with E-state index in [2.05, 4.69) is 55.9 Å². The maximum Gasteiger partial charge on any atom is 0.131 e. The lowest BCUT2D eigenvalue weighted by atomic mass is 9.92. The lowest BCUT2D eigenvalue weighted by Crippen LogP contribution is -1.96. The topological polar surface area (TPSA) is 0 Å². The molecule has 2 heteroatoms. The summed E-state index contributed by atoms with van der Waals surface area (Å²) in [5.41, 5.74) is 2.84. The molecule has 0 aliphatic heterocycles. The third-order valence-electron chi connectivity index (χ3n) is 2.65. The molecular formula is C17H24BrF. The third-order valence-corrected chi connectivity index (χ3v) is 2.88. The lowest BCUT2D eigenvalue weighted by molar-refractivity contribution is 0.651. The van der Waals surface area contributed by atoms with Gasteiger partial charge in [0.05, 0.1) is 0 Å². The molecule has 0 saturated carbocycles. The number of rotatable bonds is 4. The fraction of sp³-hybridized carbons (Fsp3) is 0.412. The minimum absolute atomic E-state index is 0.318. The maximum atomic E-state index is 13.6. The van der Waals surface area contributed by atoms with Crippen molar-refractivity contribution >= 4 is 15.9 Å². The molecule has 1 aliphatic carbocycles. The van der Waals surface area contributed by atoms with Crippen molar-refractivity contribution in [1.82, 2.24) is 0 Å². The van der Waals surface area contributed by atoms with Crippen molar-refractivity contribution in [3.05, 3.63) is 58.4 Å². The second kappa shape index (κ2) is 9.96. The molecule has 0 aromatic carbocycles. The largest absolute Gasteiger partial charge is 0.206 e. The van der Waals surface area contributed by atoms with Crippen molar-refractivity contribution in [3.63, 3.8) is 0 Å². The van der Waals surface area contributed by atoms with Crippen molar-refractivity contribution in [2.75, 3.05) is 0 Å². The first kappa shape index (κ1) is 18.1. The van der Waals surface area contributed by atoms with Crippen molar-refractivity contribution < 1.29 is 4.39 Å². The molecule has 19 heavy (non-hydrogen) atoms. The highest BCUT2D eigenvalue weighted by Gasteiger charge is 2.11. The van der Waals surface area contributed by atoms with E-state index in [0.29, 0.717) is 10.1 Å². The Kier molecular flexibility index (Phi) is 9.50. The Labute approximate surface area is 125 Å². The van der Waals surface area contributed by atoms with Gasteiger partial charge in [-0.2, -0.15) is 0 Å². The second-order valence-electron chi connectivity index (χ2n) is 4.50. The van der Waals surface area contributed by atoms with Gasteiger partial charge in [-0.25, -0.2) is 4.39 Å². The summed E-state index contributed by atoms with van der Waals surface area (Å²) in [5.74, 6) is -0.318. The van der Waals surface area contributed by atoms with Crippen LogP contribution in [-0.2, 0) is 0 Å². The summed E-state index contributed by atoms with van der Waals surface area (Å²) in [6.07, 6.45) is 9.57. The molecule has 0 nitrogen and oxygen atoms in total. The molecule has 1 rings (SSSR count). The molecule has 0 saturated heterocycles. The molecule has 0 aromatic rings. The second-order valence-corrected chi connectivity index (χ2v) is 5.51. The maximum absolute atomic E-state index is 13.6. The molecule has 0 N–H and O–H groups in total. The summed E-state index contributed by atoms with van der Waals surface area (Å²) >= 11 is 3.10. The van der Waals surface area contributed by atoms with Gasteiger partial charge in [0.15, 0.2) is 0 Å². The van der Waals surface area contributed by atoms with E-state index in [1.54, 1.807) is 0 Å². The highest BCUT2D eigenvalue weighted by molar-refractivity contribution is 9.11. The van der Waals surface area contributed by atoms with Crippen LogP contribution in [0.2, 0.25) is 0 Å². The van der Waals surface area contributed by atoms with E-state index < -0.39 is 0 Å². The van der Waals surface area contributed by atoms with Crippen molar-refractivity contribution in [2.24, 2.45) is 0 Å². The van der Waals surface area contributed by atoms with Gasteiger partial charge < -0.3 is 0 Å². The zero-order valence-electron chi connectivity index (χ0n) is 12.2. The average molecular weight is 327 g/mol. The first-order valence-corrected chi connectivity index (χ1v) is 7.55. The summed E-state index contributed by atoms with van der Waals surface area (Å²) in [5, 5.41) is 0. The van der Waals surface area contributed by atoms with E-state index in [-0.39, 0.29) is 5.83 Å². The van der Waals surface area contributed by atoms with Crippen LogP contribution in [0.5, 0.6) is 0 Å². The quantitative estimate of drug-likeness (QED) is 0.499. The van der Waals surface area contributed by atoms with E-state index in [1.807, 2.05) is 6.08 Å². The van der Waals surface area contributed by atoms with Crippen molar-refractivity contribution in [2.45, 2.75) is 46.5 Å². The van der Waals surface area contributed by atoms with E-state index >= 15 is 0 Å². The predicted octanol–water partition coefficient (Wildman–Crippen LogP) is 6.78. The van der Waals surface area contributed by atoms with Gasteiger partial charge in [-0.3, -0.25) is 0 Å². The molecule has 0 atom stereocenters. The zero-order chi connectivity index (χ0) is 14.8. The monoisotopic (exact) mass is 326 g/mol. The Bertz CT molecular complexity index is 411. The Morgan fingerprint density at radius 2 is 1.84 bits per heavy atom. The Balaban J connectivity index is 0.000000982. The van der Waals surface area contributed by atoms with E-state index in [4.69, 9.17) is 0 Å². The zero-order valence-corrected chi connectivity index (χ0v) is 13.8. The normalized spacial score (nSPS) is 14.9. The number of halogens is 2. The molecule has 0 fully saturated rings. The van der Waals surface area contributed by atoms with Crippen LogP contribution in [-0.4, -0.2) is 0 Å². The molecule has 0 heterocycles. The van der Waals surface area contributed by atoms with Gasteiger partial charge in [-0.15, -0.1) is 0 Å². The molecule has 106 valence electrons. The number of hydrogen-bond acceptors (Lipinski definition) is 0. The Morgan fingerprint density at radius 3 is 2.21 bits per heavy atom.